The number of nitrogens with zero attached hydrogens (tertiary/aromatic N) is 1. The molecule has 1 atom stereocenters. The maximum atomic E-state index is 12.0. The fourth-order valence-electron chi connectivity index (χ4n) is 2.26. The van der Waals surface area contributed by atoms with Gasteiger partial charge in [0.2, 0.25) is 0 Å². The van der Waals surface area contributed by atoms with Gasteiger partial charge in [0.25, 0.3) is 5.56 Å². The van der Waals surface area contributed by atoms with Crippen molar-refractivity contribution in [1.29, 1.82) is 0 Å². The topological polar surface area (TPSA) is 63.5 Å². The van der Waals surface area contributed by atoms with Crippen molar-refractivity contribution in [1.82, 2.24) is 4.57 Å². The van der Waals surface area contributed by atoms with E-state index in [1.807, 2.05) is 13.0 Å². The highest BCUT2D eigenvalue weighted by Gasteiger charge is 2.17. The minimum Gasteiger partial charge on any atom is -0.395 e. The van der Waals surface area contributed by atoms with Crippen LogP contribution in [0.3, 0.4) is 0 Å². The minimum atomic E-state index is -0.0223. The zero-order valence-electron chi connectivity index (χ0n) is 10.7. The molecule has 0 aromatic carbocycles. The largest absolute Gasteiger partial charge is 0.395 e. The molecule has 0 aliphatic carbocycles. The molecule has 1 saturated heterocycles. The SMILES string of the molecule is Cc1cc(NCCO)cc(=O)n1C[C@H]1CCCO1. The van der Waals surface area contributed by atoms with Crippen molar-refractivity contribution in [2.75, 3.05) is 25.1 Å². The Morgan fingerprint density at radius 2 is 2.39 bits per heavy atom. The fourth-order valence-corrected chi connectivity index (χ4v) is 2.26. The Labute approximate surface area is 106 Å². The van der Waals surface area contributed by atoms with Crippen LogP contribution in [0, 0.1) is 6.92 Å². The van der Waals surface area contributed by atoms with Gasteiger partial charge >= 0.3 is 0 Å². The third-order valence-electron chi connectivity index (χ3n) is 3.19. The van der Waals surface area contributed by atoms with Crippen LogP contribution in [0.25, 0.3) is 0 Å². The number of rotatable bonds is 5. The van der Waals surface area contributed by atoms with Crippen LogP contribution in [0.2, 0.25) is 0 Å². The normalized spacial score (nSPS) is 19.1. The van der Waals surface area contributed by atoms with Gasteiger partial charge in [-0.3, -0.25) is 4.79 Å². The van der Waals surface area contributed by atoms with Gasteiger partial charge < -0.3 is 19.7 Å². The molecular formula is C13H20N2O3. The Hall–Kier alpha value is -1.33. The molecule has 1 aromatic heterocycles. The second kappa shape index (κ2) is 6.02. The van der Waals surface area contributed by atoms with Crippen LogP contribution in [0.5, 0.6) is 0 Å². The van der Waals surface area contributed by atoms with Gasteiger partial charge in [-0.05, 0) is 25.8 Å². The van der Waals surface area contributed by atoms with Gasteiger partial charge in [0.15, 0.2) is 0 Å². The minimum absolute atomic E-state index is 0.0223. The van der Waals surface area contributed by atoms with E-state index in [1.165, 1.54) is 0 Å². The van der Waals surface area contributed by atoms with Crippen LogP contribution in [0.1, 0.15) is 18.5 Å². The van der Waals surface area contributed by atoms with Crippen LogP contribution < -0.4 is 10.9 Å². The smallest absolute Gasteiger partial charge is 0.252 e. The first-order valence-corrected chi connectivity index (χ1v) is 6.38. The zero-order valence-corrected chi connectivity index (χ0v) is 10.7. The van der Waals surface area contributed by atoms with Crippen molar-refractivity contribution in [2.24, 2.45) is 0 Å². The molecule has 0 amide bonds. The van der Waals surface area contributed by atoms with Crippen molar-refractivity contribution < 1.29 is 9.84 Å². The molecule has 2 heterocycles. The summed E-state index contributed by atoms with van der Waals surface area (Å²) in [4.78, 5) is 12.0. The zero-order chi connectivity index (χ0) is 13.0. The summed E-state index contributed by atoms with van der Waals surface area (Å²) < 4.78 is 7.30. The van der Waals surface area contributed by atoms with E-state index in [-0.39, 0.29) is 18.3 Å². The van der Waals surface area contributed by atoms with Crippen LogP contribution in [-0.4, -0.2) is 35.5 Å². The maximum absolute atomic E-state index is 12.0. The van der Waals surface area contributed by atoms with E-state index >= 15 is 0 Å². The molecule has 1 aliphatic rings. The number of pyridine rings is 1. The third kappa shape index (κ3) is 3.11. The van der Waals surface area contributed by atoms with Crippen molar-refractivity contribution in [3.8, 4) is 0 Å². The number of aryl methyl sites for hydroxylation is 1. The second-order valence-corrected chi connectivity index (χ2v) is 4.62. The van der Waals surface area contributed by atoms with Gasteiger partial charge in [-0.1, -0.05) is 0 Å². The quantitative estimate of drug-likeness (QED) is 0.811. The molecule has 100 valence electrons. The Kier molecular flexibility index (Phi) is 4.38. The molecule has 1 fully saturated rings. The molecule has 0 radical (unpaired) electrons. The number of hydrogen-bond donors (Lipinski definition) is 2. The van der Waals surface area contributed by atoms with Gasteiger partial charge in [-0.25, -0.2) is 0 Å². The average Bonchev–Trinajstić information content (AvgIpc) is 2.84. The molecule has 5 heteroatoms. The predicted octanol–water partition coefficient (Wildman–Crippen LogP) is 0.740. The summed E-state index contributed by atoms with van der Waals surface area (Å²) in [5, 5.41) is 11.8. The monoisotopic (exact) mass is 252 g/mol. The van der Waals surface area contributed by atoms with Gasteiger partial charge in [0.05, 0.1) is 19.3 Å². The summed E-state index contributed by atoms with van der Waals surface area (Å²) in [5.74, 6) is 0. The number of nitrogens with one attached hydrogen (secondary N) is 1. The summed E-state index contributed by atoms with van der Waals surface area (Å²) in [7, 11) is 0. The van der Waals surface area contributed by atoms with E-state index < -0.39 is 0 Å². The lowest BCUT2D eigenvalue weighted by atomic mass is 10.2. The fraction of sp³-hybridized carbons (Fsp3) is 0.615. The van der Waals surface area contributed by atoms with Gasteiger partial charge in [0, 0.05) is 30.6 Å². The summed E-state index contributed by atoms with van der Waals surface area (Å²) in [6.07, 6.45) is 2.27. The number of ether oxygens (including phenoxy) is 1. The Morgan fingerprint density at radius 3 is 3.00 bits per heavy atom. The first kappa shape index (κ1) is 13.1. The average molecular weight is 252 g/mol. The van der Waals surface area contributed by atoms with Crippen LogP contribution >= 0.6 is 0 Å². The summed E-state index contributed by atoms with van der Waals surface area (Å²) in [5.41, 5.74) is 1.65. The van der Waals surface area contributed by atoms with Gasteiger partial charge in [-0.15, -0.1) is 0 Å². The van der Waals surface area contributed by atoms with Crippen LogP contribution in [0.15, 0.2) is 16.9 Å². The molecule has 5 nitrogen and oxygen atoms in total. The van der Waals surface area contributed by atoms with Gasteiger partial charge in [-0.2, -0.15) is 0 Å². The number of aliphatic hydroxyl groups excluding tert-OH is 1. The first-order chi connectivity index (χ1) is 8.70. The molecule has 1 aliphatic heterocycles. The summed E-state index contributed by atoms with van der Waals surface area (Å²) >= 11 is 0. The standard InChI is InChI=1S/C13H20N2O3/c1-10-7-11(14-4-5-16)8-13(17)15(10)9-12-3-2-6-18-12/h7-8,12,14,16H,2-6,9H2,1H3/t12-/m1/s1. The maximum Gasteiger partial charge on any atom is 0.252 e. The molecule has 0 bridgehead atoms. The van der Waals surface area contributed by atoms with Crippen molar-refractivity contribution in [3.05, 3.63) is 28.2 Å². The van der Waals surface area contributed by atoms with Crippen molar-refractivity contribution >= 4 is 5.69 Å². The lowest BCUT2D eigenvalue weighted by Crippen LogP contribution is -2.28. The lowest BCUT2D eigenvalue weighted by Gasteiger charge is -2.15. The third-order valence-corrected chi connectivity index (χ3v) is 3.19. The Bertz CT molecular complexity index is 450. The van der Waals surface area contributed by atoms with E-state index in [2.05, 4.69) is 5.32 Å². The highest BCUT2D eigenvalue weighted by atomic mass is 16.5. The molecule has 0 unspecified atom stereocenters. The van der Waals surface area contributed by atoms with E-state index in [4.69, 9.17) is 9.84 Å². The lowest BCUT2D eigenvalue weighted by molar-refractivity contribution is 0.0956. The Balaban J connectivity index is 2.12. The summed E-state index contributed by atoms with van der Waals surface area (Å²) in [6, 6.07) is 3.49. The van der Waals surface area contributed by atoms with E-state index in [9.17, 15) is 4.79 Å². The molecule has 2 N–H and O–H groups in total. The number of hydrogen-bond acceptors (Lipinski definition) is 4. The predicted molar refractivity (Wildman–Crippen MR) is 70.0 cm³/mol. The molecule has 0 saturated carbocycles. The molecule has 1 aromatic rings. The van der Waals surface area contributed by atoms with Crippen molar-refractivity contribution in [2.45, 2.75) is 32.4 Å². The number of aromatic nitrogens is 1. The second-order valence-electron chi connectivity index (χ2n) is 4.62. The molecule has 2 rings (SSSR count). The highest BCUT2D eigenvalue weighted by Crippen LogP contribution is 2.15. The number of aliphatic hydroxyl groups is 1. The van der Waals surface area contributed by atoms with Crippen LogP contribution in [-0.2, 0) is 11.3 Å². The van der Waals surface area contributed by atoms with E-state index in [0.29, 0.717) is 13.1 Å². The number of anilines is 1. The molecule has 0 spiro atoms. The van der Waals surface area contributed by atoms with E-state index in [0.717, 1.165) is 30.8 Å². The Morgan fingerprint density at radius 1 is 1.56 bits per heavy atom. The van der Waals surface area contributed by atoms with Gasteiger partial charge in [0.1, 0.15) is 0 Å². The molecular weight excluding hydrogens is 232 g/mol. The highest BCUT2D eigenvalue weighted by molar-refractivity contribution is 5.43. The van der Waals surface area contributed by atoms with E-state index in [1.54, 1.807) is 10.6 Å². The van der Waals surface area contributed by atoms with Crippen LogP contribution in [0.4, 0.5) is 5.69 Å². The first-order valence-electron chi connectivity index (χ1n) is 6.38. The summed E-state index contributed by atoms with van der Waals surface area (Å²) in [6.45, 7) is 3.85. The molecule has 18 heavy (non-hydrogen) atoms. The van der Waals surface area contributed by atoms with Crippen molar-refractivity contribution in [3.63, 3.8) is 0 Å².